The molecule has 2 nitrogen and oxygen atoms in total. The van der Waals surface area contributed by atoms with E-state index in [1.54, 1.807) is 0 Å². The quantitative estimate of drug-likeness (QED) is 0.499. The van der Waals surface area contributed by atoms with Crippen LogP contribution in [0.3, 0.4) is 0 Å². The summed E-state index contributed by atoms with van der Waals surface area (Å²) in [6, 6.07) is 1.05. The standard InChI is InChI=1S/2C5H12N.2Hf/c2*1-4-6-5(2)3;;/h2*5H,4H2,1-3H3;;/q2*-1;;. The molecule has 0 heterocycles. The predicted octanol–water partition coefficient (Wildman–Crippen LogP) is 3.57. The van der Waals surface area contributed by atoms with E-state index in [-0.39, 0.29) is 51.7 Å². The Morgan fingerprint density at radius 2 is 0.929 bits per heavy atom. The number of hydrogen-bond acceptors (Lipinski definition) is 0. The van der Waals surface area contributed by atoms with Crippen molar-refractivity contribution >= 4 is 0 Å². The minimum absolute atomic E-state index is 0. The molecule has 84 valence electrons. The summed E-state index contributed by atoms with van der Waals surface area (Å²) in [5, 5.41) is 8.25. The first-order valence-corrected chi connectivity index (χ1v) is 4.87. The average Bonchev–Trinajstić information content (AvgIpc) is 1.87. The molecule has 4 heteroatoms. The van der Waals surface area contributed by atoms with Gasteiger partial charge in [-0.15, -0.1) is 12.1 Å². The molecule has 0 bridgehead atoms. The third-order valence-electron chi connectivity index (χ3n) is 1.10. The van der Waals surface area contributed by atoms with Crippen molar-refractivity contribution in [2.75, 3.05) is 13.1 Å². The van der Waals surface area contributed by atoms with Crippen LogP contribution in [0.25, 0.3) is 10.6 Å². The molecule has 0 aromatic carbocycles. The summed E-state index contributed by atoms with van der Waals surface area (Å²) in [7, 11) is 0. The third kappa shape index (κ3) is 37.3. The molecule has 0 aromatic heterocycles. The summed E-state index contributed by atoms with van der Waals surface area (Å²) in [5.41, 5.74) is 0. The fourth-order valence-corrected chi connectivity index (χ4v) is 0.730. The van der Waals surface area contributed by atoms with Crippen LogP contribution < -0.4 is 0 Å². The van der Waals surface area contributed by atoms with Gasteiger partial charge in [-0.25, -0.2) is 0 Å². The molecule has 0 radical (unpaired) electrons. The second-order valence-corrected chi connectivity index (χ2v) is 3.19. The zero-order chi connectivity index (χ0) is 9.98. The Labute approximate surface area is 128 Å². The maximum atomic E-state index is 4.12. The minimum atomic E-state index is 0. The van der Waals surface area contributed by atoms with Crippen LogP contribution >= 0.6 is 0 Å². The number of nitrogens with zero attached hydrogens (tertiary/aromatic N) is 2. The molecule has 0 aliphatic heterocycles. The largest absolute Gasteiger partial charge is 0.660 e. The third-order valence-corrected chi connectivity index (χ3v) is 1.10. The first-order valence-electron chi connectivity index (χ1n) is 4.87. The van der Waals surface area contributed by atoms with Gasteiger partial charge in [0, 0.05) is 51.7 Å². The molecule has 0 aliphatic carbocycles. The van der Waals surface area contributed by atoms with Crippen molar-refractivity contribution in [1.82, 2.24) is 0 Å². The second kappa shape index (κ2) is 20.1. The maximum absolute atomic E-state index is 4.12. The molecule has 0 atom stereocenters. The molecule has 0 saturated heterocycles. The predicted molar refractivity (Wildman–Crippen MR) is 58.1 cm³/mol. The van der Waals surface area contributed by atoms with Gasteiger partial charge in [-0.05, 0) is 0 Å². The van der Waals surface area contributed by atoms with Crippen LogP contribution in [0.2, 0.25) is 0 Å². The summed E-state index contributed by atoms with van der Waals surface area (Å²) in [6.07, 6.45) is 0. The first kappa shape index (κ1) is 24.8. The number of hydrogen-bond donors (Lipinski definition) is 0. The van der Waals surface area contributed by atoms with Crippen LogP contribution in [0.4, 0.5) is 0 Å². The van der Waals surface area contributed by atoms with Gasteiger partial charge in [0.25, 0.3) is 0 Å². The molecule has 0 N–H and O–H groups in total. The molecular formula is C10H24Hf2N2-2. The van der Waals surface area contributed by atoms with E-state index in [0.29, 0.717) is 12.1 Å². The fraction of sp³-hybridized carbons (Fsp3) is 1.00. The van der Waals surface area contributed by atoms with Gasteiger partial charge in [-0.1, -0.05) is 41.5 Å². The summed E-state index contributed by atoms with van der Waals surface area (Å²) < 4.78 is 0. The summed E-state index contributed by atoms with van der Waals surface area (Å²) in [4.78, 5) is 0. The summed E-state index contributed by atoms with van der Waals surface area (Å²) in [5.74, 6) is 0. The van der Waals surface area contributed by atoms with E-state index >= 15 is 0 Å². The molecule has 0 rings (SSSR count). The SMILES string of the molecule is CC[N-]C(C)C.CC[N-]C(C)C.[Hf].[Hf]. The van der Waals surface area contributed by atoms with E-state index < -0.39 is 0 Å². The Hall–Kier alpha value is 1.66. The van der Waals surface area contributed by atoms with Crippen LogP contribution in [0.1, 0.15) is 41.5 Å². The normalized spacial score (nSPS) is 8.57. The van der Waals surface area contributed by atoms with Crippen molar-refractivity contribution in [3.8, 4) is 0 Å². The zero-order valence-electron chi connectivity index (χ0n) is 10.5. The summed E-state index contributed by atoms with van der Waals surface area (Å²) in [6.45, 7) is 14.4. The van der Waals surface area contributed by atoms with Gasteiger partial charge in [-0.2, -0.15) is 13.1 Å². The van der Waals surface area contributed by atoms with E-state index in [9.17, 15) is 0 Å². The second-order valence-electron chi connectivity index (χ2n) is 3.19. The molecule has 0 saturated carbocycles. The van der Waals surface area contributed by atoms with E-state index in [1.165, 1.54) is 0 Å². The van der Waals surface area contributed by atoms with Crippen molar-refractivity contribution in [2.24, 2.45) is 0 Å². The Bertz CT molecular complexity index is 68.5. The van der Waals surface area contributed by atoms with Gasteiger partial charge in [0.1, 0.15) is 0 Å². The molecule has 0 fully saturated rings. The molecule has 0 aromatic rings. The monoisotopic (exact) mass is 532 g/mol. The Balaban J connectivity index is -0.0000000625. The summed E-state index contributed by atoms with van der Waals surface area (Å²) >= 11 is 0. The molecule has 0 amide bonds. The Morgan fingerprint density at radius 1 is 0.714 bits per heavy atom. The molecular weight excluding hydrogens is 505 g/mol. The molecule has 14 heavy (non-hydrogen) atoms. The molecule has 0 unspecified atom stereocenters. The van der Waals surface area contributed by atoms with Gasteiger partial charge < -0.3 is 10.6 Å². The maximum Gasteiger partial charge on any atom is 0 e. The van der Waals surface area contributed by atoms with E-state index in [1.807, 2.05) is 0 Å². The van der Waals surface area contributed by atoms with Crippen molar-refractivity contribution in [3.63, 3.8) is 0 Å². The van der Waals surface area contributed by atoms with Crippen molar-refractivity contribution in [3.05, 3.63) is 10.6 Å². The van der Waals surface area contributed by atoms with Gasteiger partial charge in [-0.3, -0.25) is 0 Å². The van der Waals surface area contributed by atoms with Crippen LogP contribution in [0, 0.1) is 0 Å². The van der Waals surface area contributed by atoms with Gasteiger partial charge in [0.05, 0.1) is 0 Å². The topological polar surface area (TPSA) is 28.2 Å². The van der Waals surface area contributed by atoms with Crippen LogP contribution in [-0.2, 0) is 51.7 Å². The van der Waals surface area contributed by atoms with Gasteiger partial charge >= 0.3 is 0 Å². The molecule has 0 aliphatic rings. The van der Waals surface area contributed by atoms with Crippen LogP contribution in [0.5, 0.6) is 0 Å². The Kier molecular flexibility index (Phi) is 35.6. The van der Waals surface area contributed by atoms with E-state index in [0.717, 1.165) is 13.1 Å². The molecule has 0 spiro atoms. The van der Waals surface area contributed by atoms with Crippen LogP contribution in [0.15, 0.2) is 0 Å². The zero-order valence-corrected chi connectivity index (χ0v) is 17.6. The van der Waals surface area contributed by atoms with Gasteiger partial charge in [0.2, 0.25) is 0 Å². The fourth-order valence-electron chi connectivity index (χ4n) is 0.730. The minimum Gasteiger partial charge on any atom is -0.660 e. The average molecular weight is 529 g/mol. The van der Waals surface area contributed by atoms with Gasteiger partial charge in [0.15, 0.2) is 0 Å². The number of rotatable bonds is 4. The van der Waals surface area contributed by atoms with Crippen molar-refractivity contribution in [1.29, 1.82) is 0 Å². The van der Waals surface area contributed by atoms with E-state index in [2.05, 4.69) is 52.2 Å². The van der Waals surface area contributed by atoms with Crippen LogP contribution in [-0.4, -0.2) is 25.2 Å². The smallest absolute Gasteiger partial charge is 0 e. The Morgan fingerprint density at radius 3 is 0.929 bits per heavy atom. The van der Waals surface area contributed by atoms with E-state index in [4.69, 9.17) is 0 Å². The first-order chi connectivity index (χ1) is 5.54. The van der Waals surface area contributed by atoms with Crippen molar-refractivity contribution < 1.29 is 51.7 Å². The van der Waals surface area contributed by atoms with Crippen molar-refractivity contribution in [2.45, 2.75) is 53.6 Å².